The van der Waals surface area contributed by atoms with Crippen LogP contribution in [-0.4, -0.2) is 12.9 Å². The SMILES string of the molecule is COc1ccc([C@@]2(C)C=C(C)C(=O)CC2)cc1. The van der Waals surface area contributed by atoms with E-state index in [-0.39, 0.29) is 11.2 Å². The number of rotatable bonds is 2. The second kappa shape index (κ2) is 4.36. The van der Waals surface area contributed by atoms with E-state index in [4.69, 9.17) is 4.74 Å². The first-order valence-corrected chi connectivity index (χ1v) is 5.92. The van der Waals surface area contributed by atoms with Crippen LogP contribution in [0.5, 0.6) is 5.75 Å². The summed E-state index contributed by atoms with van der Waals surface area (Å²) >= 11 is 0. The Bertz CT molecular complexity index is 456. The number of carbonyl (C=O) groups is 1. The third-order valence-electron chi connectivity index (χ3n) is 3.60. The van der Waals surface area contributed by atoms with E-state index in [0.717, 1.165) is 17.7 Å². The predicted octanol–water partition coefficient (Wildman–Crippen LogP) is 3.26. The molecule has 0 saturated heterocycles. The fourth-order valence-corrected chi connectivity index (χ4v) is 2.40. The van der Waals surface area contributed by atoms with Crippen molar-refractivity contribution in [2.24, 2.45) is 0 Å². The second-order valence-corrected chi connectivity index (χ2v) is 4.90. The van der Waals surface area contributed by atoms with Crippen molar-refractivity contribution >= 4 is 5.78 Å². The van der Waals surface area contributed by atoms with Crippen LogP contribution < -0.4 is 4.74 Å². The molecule has 17 heavy (non-hydrogen) atoms. The summed E-state index contributed by atoms with van der Waals surface area (Å²) in [6.07, 6.45) is 3.63. The number of ketones is 1. The van der Waals surface area contributed by atoms with Gasteiger partial charge in [-0.05, 0) is 36.6 Å². The van der Waals surface area contributed by atoms with Crippen molar-refractivity contribution < 1.29 is 9.53 Å². The monoisotopic (exact) mass is 230 g/mol. The smallest absolute Gasteiger partial charge is 0.158 e. The Morgan fingerprint density at radius 3 is 2.41 bits per heavy atom. The molecule has 0 radical (unpaired) electrons. The van der Waals surface area contributed by atoms with E-state index in [1.54, 1.807) is 7.11 Å². The highest BCUT2D eigenvalue weighted by Gasteiger charge is 2.29. The van der Waals surface area contributed by atoms with Crippen LogP contribution in [0, 0.1) is 0 Å². The molecule has 1 aromatic carbocycles. The maximum Gasteiger partial charge on any atom is 0.158 e. The zero-order chi connectivity index (χ0) is 12.5. The first-order chi connectivity index (χ1) is 8.05. The van der Waals surface area contributed by atoms with Crippen molar-refractivity contribution in [1.82, 2.24) is 0 Å². The average Bonchev–Trinajstić information content (AvgIpc) is 2.34. The topological polar surface area (TPSA) is 26.3 Å². The molecule has 0 aromatic heterocycles. The van der Waals surface area contributed by atoms with Crippen molar-refractivity contribution in [1.29, 1.82) is 0 Å². The number of ether oxygens (including phenoxy) is 1. The molecule has 0 saturated carbocycles. The highest BCUT2D eigenvalue weighted by molar-refractivity contribution is 5.96. The Hall–Kier alpha value is -1.57. The van der Waals surface area contributed by atoms with E-state index in [0.29, 0.717) is 6.42 Å². The molecule has 1 aliphatic carbocycles. The standard InChI is InChI=1S/C15H18O2/c1-11-10-15(2,9-8-14(11)16)12-4-6-13(17-3)7-5-12/h4-7,10H,8-9H2,1-3H3/t15-/m1/s1. The molecule has 0 bridgehead atoms. The number of methoxy groups -OCH3 is 1. The molecule has 2 heteroatoms. The van der Waals surface area contributed by atoms with Gasteiger partial charge in [0.15, 0.2) is 5.78 Å². The lowest BCUT2D eigenvalue weighted by Gasteiger charge is -2.31. The summed E-state index contributed by atoms with van der Waals surface area (Å²) < 4.78 is 5.16. The largest absolute Gasteiger partial charge is 0.497 e. The van der Waals surface area contributed by atoms with Gasteiger partial charge in [-0.2, -0.15) is 0 Å². The molecule has 1 aromatic rings. The van der Waals surface area contributed by atoms with Gasteiger partial charge in [0.25, 0.3) is 0 Å². The molecular weight excluding hydrogens is 212 g/mol. The molecule has 2 nitrogen and oxygen atoms in total. The summed E-state index contributed by atoms with van der Waals surface area (Å²) in [5, 5.41) is 0. The Labute approximate surface area is 102 Å². The predicted molar refractivity (Wildman–Crippen MR) is 68.3 cm³/mol. The number of Topliss-reactive ketones (excluding diaryl/α,β-unsaturated/α-hetero) is 1. The molecule has 90 valence electrons. The van der Waals surface area contributed by atoms with Crippen LogP contribution in [0.3, 0.4) is 0 Å². The van der Waals surface area contributed by atoms with E-state index in [2.05, 4.69) is 25.1 Å². The lowest BCUT2D eigenvalue weighted by Crippen LogP contribution is -2.26. The lowest BCUT2D eigenvalue weighted by molar-refractivity contribution is -0.116. The highest BCUT2D eigenvalue weighted by Crippen LogP contribution is 2.36. The highest BCUT2D eigenvalue weighted by atomic mass is 16.5. The fourth-order valence-electron chi connectivity index (χ4n) is 2.40. The second-order valence-electron chi connectivity index (χ2n) is 4.90. The zero-order valence-electron chi connectivity index (χ0n) is 10.6. The van der Waals surface area contributed by atoms with Crippen LogP contribution in [0.4, 0.5) is 0 Å². The van der Waals surface area contributed by atoms with Gasteiger partial charge >= 0.3 is 0 Å². The van der Waals surface area contributed by atoms with Gasteiger partial charge in [0.05, 0.1) is 7.11 Å². The normalized spacial score (nSPS) is 24.4. The van der Waals surface area contributed by atoms with Crippen molar-refractivity contribution in [2.75, 3.05) is 7.11 Å². The molecule has 1 atom stereocenters. The third-order valence-corrected chi connectivity index (χ3v) is 3.60. The summed E-state index contributed by atoms with van der Waals surface area (Å²) in [5.74, 6) is 1.14. The van der Waals surface area contributed by atoms with Gasteiger partial charge in [-0.1, -0.05) is 25.1 Å². The molecule has 2 rings (SSSR count). The fraction of sp³-hybridized carbons (Fsp3) is 0.400. The summed E-state index contributed by atoms with van der Waals surface area (Å²) in [6.45, 7) is 4.09. The Balaban J connectivity index is 2.35. The van der Waals surface area contributed by atoms with Crippen LogP contribution in [0.15, 0.2) is 35.9 Å². The van der Waals surface area contributed by atoms with E-state index in [1.807, 2.05) is 19.1 Å². The number of hydrogen-bond donors (Lipinski definition) is 0. The van der Waals surface area contributed by atoms with Gasteiger partial charge in [-0.25, -0.2) is 0 Å². The molecule has 0 spiro atoms. The molecule has 0 unspecified atom stereocenters. The van der Waals surface area contributed by atoms with Crippen LogP contribution >= 0.6 is 0 Å². The van der Waals surface area contributed by atoms with Gasteiger partial charge in [0, 0.05) is 11.8 Å². The minimum atomic E-state index is -0.0235. The number of benzene rings is 1. The number of allylic oxidation sites excluding steroid dienone is 2. The first kappa shape index (κ1) is 11.9. The molecule has 0 amide bonds. The van der Waals surface area contributed by atoms with Crippen molar-refractivity contribution in [3.8, 4) is 5.75 Å². The molecule has 1 aliphatic rings. The van der Waals surface area contributed by atoms with Gasteiger partial charge < -0.3 is 4.74 Å². The van der Waals surface area contributed by atoms with E-state index in [1.165, 1.54) is 5.56 Å². The maximum atomic E-state index is 11.5. The molecule has 0 fully saturated rings. The summed E-state index contributed by atoms with van der Waals surface area (Å²) in [7, 11) is 1.67. The minimum absolute atomic E-state index is 0.0235. The Morgan fingerprint density at radius 1 is 1.24 bits per heavy atom. The van der Waals surface area contributed by atoms with Crippen LogP contribution in [0.2, 0.25) is 0 Å². The zero-order valence-corrected chi connectivity index (χ0v) is 10.6. The first-order valence-electron chi connectivity index (χ1n) is 5.92. The number of hydrogen-bond acceptors (Lipinski definition) is 2. The van der Waals surface area contributed by atoms with E-state index >= 15 is 0 Å². The van der Waals surface area contributed by atoms with Gasteiger partial charge in [0.1, 0.15) is 5.75 Å². The van der Waals surface area contributed by atoms with Gasteiger partial charge in [0.2, 0.25) is 0 Å². The van der Waals surface area contributed by atoms with Crippen molar-refractivity contribution in [2.45, 2.75) is 32.1 Å². The Morgan fingerprint density at radius 2 is 1.88 bits per heavy atom. The minimum Gasteiger partial charge on any atom is -0.497 e. The molecule has 0 N–H and O–H groups in total. The van der Waals surface area contributed by atoms with Crippen LogP contribution in [0.25, 0.3) is 0 Å². The summed E-state index contributed by atoms with van der Waals surface area (Å²) in [4.78, 5) is 11.5. The van der Waals surface area contributed by atoms with Gasteiger partial charge in [-0.3, -0.25) is 4.79 Å². The summed E-state index contributed by atoms with van der Waals surface area (Å²) in [6, 6.07) is 8.11. The van der Waals surface area contributed by atoms with E-state index < -0.39 is 0 Å². The van der Waals surface area contributed by atoms with Crippen molar-refractivity contribution in [3.63, 3.8) is 0 Å². The lowest BCUT2D eigenvalue weighted by atomic mass is 9.73. The van der Waals surface area contributed by atoms with Crippen LogP contribution in [0.1, 0.15) is 32.3 Å². The number of carbonyl (C=O) groups excluding carboxylic acids is 1. The van der Waals surface area contributed by atoms with Crippen molar-refractivity contribution in [3.05, 3.63) is 41.5 Å². The van der Waals surface area contributed by atoms with E-state index in [9.17, 15) is 4.79 Å². The molecule has 0 aliphatic heterocycles. The van der Waals surface area contributed by atoms with Crippen LogP contribution in [-0.2, 0) is 10.2 Å². The Kier molecular flexibility index (Phi) is 3.05. The molecule has 0 heterocycles. The summed E-state index contributed by atoms with van der Waals surface area (Å²) in [5.41, 5.74) is 2.10. The third kappa shape index (κ3) is 2.26. The quantitative estimate of drug-likeness (QED) is 0.779. The van der Waals surface area contributed by atoms with Gasteiger partial charge in [-0.15, -0.1) is 0 Å². The maximum absolute atomic E-state index is 11.5. The molecular formula is C15H18O2. The average molecular weight is 230 g/mol.